The molecule has 0 aliphatic rings. The van der Waals surface area contributed by atoms with Crippen LogP contribution in [0.25, 0.3) is 11.0 Å². The molecule has 0 saturated carbocycles. The Balaban J connectivity index is 1.89. The highest BCUT2D eigenvalue weighted by atomic mass is 35.5. The van der Waals surface area contributed by atoms with Crippen molar-refractivity contribution < 1.29 is 4.79 Å². The number of amides is 1. The standard InChI is InChI=1S/C18H19ClN4O/c1-11(2)23-17-16(10-21-23)15(7-12(3)22-17)18(24)20-9-13-5-4-6-14(19)8-13/h4-8,10-11H,9H2,1-3H3,(H,20,24). The second-order valence-corrected chi connectivity index (χ2v) is 6.48. The van der Waals surface area contributed by atoms with Gasteiger partial charge in [0.2, 0.25) is 0 Å². The van der Waals surface area contributed by atoms with E-state index in [-0.39, 0.29) is 11.9 Å². The molecule has 24 heavy (non-hydrogen) atoms. The van der Waals surface area contributed by atoms with Crippen LogP contribution in [0, 0.1) is 6.92 Å². The number of aromatic nitrogens is 3. The summed E-state index contributed by atoms with van der Waals surface area (Å²) in [5, 5.41) is 8.72. The van der Waals surface area contributed by atoms with Crippen molar-refractivity contribution in [3.63, 3.8) is 0 Å². The minimum absolute atomic E-state index is 0.145. The molecule has 2 heterocycles. The molecule has 0 unspecified atom stereocenters. The maximum Gasteiger partial charge on any atom is 0.252 e. The molecule has 1 aromatic carbocycles. The molecule has 3 aromatic rings. The molecule has 0 spiro atoms. The van der Waals surface area contributed by atoms with E-state index in [0.717, 1.165) is 22.3 Å². The van der Waals surface area contributed by atoms with Gasteiger partial charge in [0.25, 0.3) is 5.91 Å². The number of hydrogen-bond donors (Lipinski definition) is 1. The van der Waals surface area contributed by atoms with Crippen LogP contribution in [0.4, 0.5) is 0 Å². The summed E-state index contributed by atoms with van der Waals surface area (Å²) in [5.41, 5.74) is 3.07. The van der Waals surface area contributed by atoms with Gasteiger partial charge in [-0.2, -0.15) is 5.10 Å². The number of nitrogens with one attached hydrogen (secondary N) is 1. The smallest absolute Gasteiger partial charge is 0.252 e. The number of fused-ring (bicyclic) bond motifs is 1. The first kappa shape index (κ1) is 16.5. The summed E-state index contributed by atoms with van der Waals surface area (Å²) in [6.45, 7) is 6.37. The lowest BCUT2D eigenvalue weighted by Crippen LogP contribution is -2.23. The van der Waals surface area contributed by atoms with E-state index < -0.39 is 0 Å². The van der Waals surface area contributed by atoms with Crippen LogP contribution >= 0.6 is 11.6 Å². The highest BCUT2D eigenvalue weighted by Gasteiger charge is 2.16. The summed E-state index contributed by atoms with van der Waals surface area (Å²) in [5.74, 6) is -0.145. The molecule has 0 fully saturated rings. The van der Waals surface area contributed by atoms with E-state index in [1.165, 1.54) is 0 Å². The summed E-state index contributed by atoms with van der Waals surface area (Å²) in [6, 6.07) is 9.41. The fourth-order valence-electron chi connectivity index (χ4n) is 2.63. The molecular formula is C18H19ClN4O. The predicted molar refractivity (Wildman–Crippen MR) is 95.3 cm³/mol. The van der Waals surface area contributed by atoms with Crippen LogP contribution in [-0.2, 0) is 6.54 Å². The Morgan fingerprint density at radius 2 is 2.12 bits per heavy atom. The maximum absolute atomic E-state index is 12.6. The van der Waals surface area contributed by atoms with E-state index in [0.29, 0.717) is 17.1 Å². The molecule has 1 N–H and O–H groups in total. The third-order valence-corrected chi connectivity index (χ3v) is 4.01. The molecule has 0 aliphatic carbocycles. The SMILES string of the molecule is Cc1cc(C(=O)NCc2cccc(Cl)c2)c2cnn(C(C)C)c2n1. The third kappa shape index (κ3) is 3.26. The molecule has 0 atom stereocenters. The van der Waals surface area contributed by atoms with Crippen molar-refractivity contribution in [2.75, 3.05) is 0 Å². The highest BCUT2D eigenvalue weighted by molar-refractivity contribution is 6.30. The molecule has 3 rings (SSSR count). The zero-order chi connectivity index (χ0) is 17.3. The Bertz CT molecular complexity index is 901. The summed E-state index contributed by atoms with van der Waals surface area (Å²) < 4.78 is 1.83. The summed E-state index contributed by atoms with van der Waals surface area (Å²) >= 11 is 5.98. The van der Waals surface area contributed by atoms with Gasteiger partial charge in [-0.3, -0.25) is 4.79 Å². The summed E-state index contributed by atoms with van der Waals surface area (Å²) in [6.07, 6.45) is 1.70. The lowest BCUT2D eigenvalue weighted by Gasteiger charge is -2.10. The lowest BCUT2D eigenvalue weighted by atomic mass is 10.1. The van der Waals surface area contributed by atoms with Gasteiger partial charge >= 0.3 is 0 Å². The van der Waals surface area contributed by atoms with Gasteiger partial charge in [-0.25, -0.2) is 9.67 Å². The summed E-state index contributed by atoms with van der Waals surface area (Å²) in [4.78, 5) is 17.2. The number of rotatable bonds is 4. The van der Waals surface area contributed by atoms with Crippen molar-refractivity contribution in [2.45, 2.75) is 33.4 Å². The van der Waals surface area contributed by atoms with Gasteiger partial charge in [0.05, 0.1) is 17.1 Å². The minimum Gasteiger partial charge on any atom is -0.348 e. The molecule has 1 amide bonds. The Morgan fingerprint density at radius 3 is 2.83 bits per heavy atom. The number of aryl methyl sites for hydroxylation is 1. The Kier molecular flexibility index (Phi) is 4.53. The Hall–Kier alpha value is -2.40. The number of pyridine rings is 1. The number of carbonyl (C=O) groups is 1. The topological polar surface area (TPSA) is 59.8 Å². The van der Waals surface area contributed by atoms with Crippen LogP contribution in [0.1, 0.15) is 41.5 Å². The number of halogens is 1. The fraction of sp³-hybridized carbons (Fsp3) is 0.278. The monoisotopic (exact) mass is 342 g/mol. The average Bonchev–Trinajstić information content (AvgIpc) is 2.95. The summed E-state index contributed by atoms with van der Waals surface area (Å²) in [7, 11) is 0. The van der Waals surface area contributed by atoms with Gasteiger partial charge in [-0.1, -0.05) is 23.7 Å². The average molecular weight is 343 g/mol. The van der Waals surface area contributed by atoms with Gasteiger partial charge in [0, 0.05) is 23.3 Å². The van der Waals surface area contributed by atoms with E-state index in [2.05, 4.69) is 15.4 Å². The first-order chi connectivity index (χ1) is 11.5. The number of nitrogens with zero attached hydrogens (tertiary/aromatic N) is 3. The van der Waals surface area contributed by atoms with E-state index >= 15 is 0 Å². The van der Waals surface area contributed by atoms with Gasteiger partial charge in [0.1, 0.15) is 0 Å². The van der Waals surface area contributed by atoms with Crippen molar-refractivity contribution in [3.05, 3.63) is 58.4 Å². The molecular weight excluding hydrogens is 324 g/mol. The number of carbonyl (C=O) groups excluding carboxylic acids is 1. The molecule has 0 aliphatic heterocycles. The van der Waals surface area contributed by atoms with Crippen LogP contribution < -0.4 is 5.32 Å². The molecule has 124 valence electrons. The van der Waals surface area contributed by atoms with E-state index in [1.807, 2.05) is 49.7 Å². The van der Waals surface area contributed by atoms with E-state index in [4.69, 9.17) is 11.6 Å². The van der Waals surface area contributed by atoms with Crippen LogP contribution in [0.2, 0.25) is 5.02 Å². The minimum atomic E-state index is -0.145. The maximum atomic E-state index is 12.6. The molecule has 0 bridgehead atoms. The fourth-order valence-corrected chi connectivity index (χ4v) is 2.85. The second-order valence-electron chi connectivity index (χ2n) is 6.04. The number of benzene rings is 1. The van der Waals surface area contributed by atoms with E-state index in [9.17, 15) is 4.79 Å². The quantitative estimate of drug-likeness (QED) is 0.782. The van der Waals surface area contributed by atoms with Gasteiger partial charge in [-0.05, 0) is 44.5 Å². The van der Waals surface area contributed by atoms with Gasteiger partial charge in [-0.15, -0.1) is 0 Å². The van der Waals surface area contributed by atoms with Crippen LogP contribution in [-0.4, -0.2) is 20.7 Å². The zero-order valence-corrected chi connectivity index (χ0v) is 14.6. The second kappa shape index (κ2) is 6.61. The number of hydrogen-bond acceptors (Lipinski definition) is 3. The van der Waals surface area contributed by atoms with E-state index in [1.54, 1.807) is 12.3 Å². The van der Waals surface area contributed by atoms with Crippen molar-refractivity contribution in [2.24, 2.45) is 0 Å². The molecule has 5 nitrogen and oxygen atoms in total. The van der Waals surface area contributed by atoms with Crippen molar-refractivity contribution in [1.29, 1.82) is 0 Å². The third-order valence-electron chi connectivity index (χ3n) is 3.77. The largest absolute Gasteiger partial charge is 0.348 e. The van der Waals surface area contributed by atoms with Crippen LogP contribution in [0.3, 0.4) is 0 Å². The Labute approximate surface area is 145 Å². The lowest BCUT2D eigenvalue weighted by molar-refractivity contribution is 0.0952. The van der Waals surface area contributed by atoms with Crippen LogP contribution in [0.5, 0.6) is 0 Å². The van der Waals surface area contributed by atoms with Gasteiger partial charge in [0.15, 0.2) is 5.65 Å². The van der Waals surface area contributed by atoms with Crippen molar-refractivity contribution >= 4 is 28.5 Å². The molecule has 2 aromatic heterocycles. The zero-order valence-electron chi connectivity index (χ0n) is 13.9. The van der Waals surface area contributed by atoms with Crippen molar-refractivity contribution in [3.8, 4) is 0 Å². The molecule has 6 heteroatoms. The van der Waals surface area contributed by atoms with Crippen molar-refractivity contribution in [1.82, 2.24) is 20.1 Å². The molecule has 0 radical (unpaired) electrons. The molecule has 0 saturated heterocycles. The van der Waals surface area contributed by atoms with Gasteiger partial charge < -0.3 is 5.32 Å². The predicted octanol–water partition coefficient (Wildman–Crippen LogP) is 3.90. The first-order valence-corrected chi connectivity index (χ1v) is 8.21. The first-order valence-electron chi connectivity index (χ1n) is 7.83. The highest BCUT2D eigenvalue weighted by Crippen LogP contribution is 2.21. The Morgan fingerprint density at radius 1 is 1.33 bits per heavy atom. The van der Waals surface area contributed by atoms with Crippen LogP contribution in [0.15, 0.2) is 36.5 Å². The normalized spacial score (nSPS) is 11.2.